The van der Waals surface area contributed by atoms with Crippen LogP contribution >= 0.6 is 15.9 Å². The summed E-state index contributed by atoms with van der Waals surface area (Å²) in [6.07, 6.45) is -0.385. The number of nitrogens with two attached hydrogens (primary N) is 1. The molecule has 0 saturated heterocycles. The Morgan fingerprint density at radius 3 is 2.41 bits per heavy atom. The molecule has 0 spiro atoms. The van der Waals surface area contributed by atoms with E-state index in [4.69, 9.17) is 39.7 Å². The standard InChI is InChI=1S/C8H14N3O6P.H3O3P/c9-7-1-2-11(8(13)10-7)3-6(4-12)17-5-18(14,15)16;1-4(2)3/h1-2,6,12H,3-5H2,(H2,9,10,13)(H2,14,15,16);4H,(H2,1,2,3)/t6-;/m0./s1. The van der Waals surface area contributed by atoms with Crippen molar-refractivity contribution in [1.82, 2.24) is 9.55 Å². The van der Waals surface area contributed by atoms with E-state index in [0.717, 1.165) is 4.57 Å². The lowest BCUT2D eigenvalue weighted by molar-refractivity contribution is 0.0188. The fraction of sp³-hybridized carbons (Fsp3) is 0.500. The Hall–Kier alpha value is -1.10. The normalized spacial score (nSPS) is 12.6. The number of aromatic nitrogens is 2. The Labute approximate surface area is 124 Å². The molecular weight excluding hydrogens is 344 g/mol. The van der Waals surface area contributed by atoms with Crippen molar-refractivity contribution in [3.63, 3.8) is 0 Å². The Bertz CT molecular complexity index is 582. The molecule has 0 saturated carbocycles. The highest BCUT2D eigenvalue weighted by Gasteiger charge is 2.18. The second kappa shape index (κ2) is 9.82. The van der Waals surface area contributed by atoms with Crippen LogP contribution in [0.15, 0.2) is 17.1 Å². The average molecular weight is 361 g/mol. The number of rotatable bonds is 6. The van der Waals surface area contributed by atoms with Crippen LogP contribution in [0.25, 0.3) is 0 Å². The van der Waals surface area contributed by atoms with Crippen LogP contribution in [0.3, 0.4) is 0 Å². The predicted molar refractivity (Wildman–Crippen MR) is 75.2 cm³/mol. The minimum Gasteiger partial charge on any atom is -0.394 e. The molecule has 1 rings (SSSR count). The molecule has 0 amide bonds. The summed E-state index contributed by atoms with van der Waals surface area (Å²) in [6.45, 7) is -0.570. The Balaban J connectivity index is 0.000000980. The molecule has 12 nitrogen and oxygen atoms in total. The molecule has 0 aliphatic carbocycles. The van der Waals surface area contributed by atoms with Crippen LogP contribution in [0.1, 0.15) is 0 Å². The smallest absolute Gasteiger partial charge is 0.350 e. The summed E-state index contributed by atoms with van der Waals surface area (Å²) in [5.41, 5.74) is 4.67. The SMILES string of the molecule is Nc1ccn(C[C@@H](CO)OCP(=O)(O)O)c(=O)n1.O=[PH](O)O. The number of anilines is 1. The number of aliphatic hydroxyl groups excluding tert-OH is 1. The summed E-state index contributed by atoms with van der Waals surface area (Å²) in [7, 11) is -7.44. The third-order valence-electron chi connectivity index (χ3n) is 1.98. The van der Waals surface area contributed by atoms with Crippen molar-refractivity contribution in [2.45, 2.75) is 12.6 Å². The molecule has 1 aromatic heterocycles. The van der Waals surface area contributed by atoms with Crippen molar-refractivity contribution < 1.29 is 38.5 Å². The first-order valence-corrected chi connectivity index (χ1v) is 8.67. The fourth-order valence-electron chi connectivity index (χ4n) is 1.17. The maximum atomic E-state index is 11.4. The molecule has 0 fully saturated rings. The largest absolute Gasteiger partial charge is 0.394 e. The number of nitrogens with zero attached hydrogens (tertiary/aromatic N) is 2. The van der Waals surface area contributed by atoms with E-state index in [9.17, 15) is 9.36 Å². The first-order chi connectivity index (χ1) is 10.0. The molecule has 0 unspecified atom stereocenters. The van der Waals surface area contributed by atoms with E-state index >= 15 is 0 Å². The minimum atomic E-state index is -4.31. The Morgan fingerprint density at radius 2 is 2.00 bits per heavy atom. The van der Waals surface area contributed by atoms with E-state index in [2.05, 4.69) is 4.98 Å². The van der Waals surface area contributed by atoms with Gasteiger partial charge in [0.25, 0.3) is 0 Å². The molecule has 0 aliphatic heterocycles. The number of nitrogen functional groups attached to an aromatic ring is 1. The Kier molecular flexibility index (Phi) is 9.33. The molecule has 14 heteroatoms. The van der Waals surface area contributed by atoms with Gasteiger partial charge in [-0.25, -0.2) is 4.79 Å². The van der Waals surface area contributed by atoms with E-state index in [-0.39, 0.29) is 12.4 Å². The lowest BCUT2D eigenvalue weighted by Crippen LogP contribution is -2.32. The highest BCUT2D eigenvalue weighted by atomic mass is 31.2. The molecule has 0 aliphatic rings. The van der Waals surface area contributed by atoms with Crippen LogP contribution in [-0.2, 0) is 20.4 Å². The van der Waals surface area contributed by atoms with Crippen molar-refractivity contribution in [2.75, 3.05) is 18.7 Å². The summed E-state index contributed by atoms with van der Waals surface area (Å²) in [4.78, 5) is 46.4. The number of hydrogen-bond acceptors (Lipinski definition) is 7. The zero-order valence-electron chi connectivity index (χ0n) is 11.1. The fourth-order valence-corrected chi connectivity index (χ4v) is 1.57. The monoisotopic (exact) mass is 361 g/mol. The van der Waals surface area contributed by atoms with Crippen molar-refractivity contribution in [2.24, 2.45) is 0 Å². The second-order valence-corrected chi connectivity index (χ2v) is 5.99. The topological polar surface area (TPSA) is 205 Å². The lowest BCUT2D eigenvalue weighted by atomic mass is 10.3. The number of aliphatic hydroxyl groups is 1. The first kappa shape index (κ1) is 20.9. The molecule has 128 valence electrons. The molecule has 22 heavy (non-hydrogen) atoms. The van der Waals surface area contributed by atoms with Crippen LogP contribution in [-0.4, -0.2) is 53.3 Å². The average Bonchev–Trinajstić information content (AvgIpc) is 2.35. The van der Waals surface area contributed by atoms with Gasteiger partial charge in [-0.05, 0) is 6.07 Å². The number of ether oxygens (including phenoxy) is 1. The van der Waals surface area contributed by atoms with Gasteiger partial charge in [0.15, 0.2) is 0 Å². The molecule has 7 N–H and O–H groups in total. The van der Waals surface area contributed by atoms with Gasteiger partial charge in [0.2, 0.25) is 0 Å². The van der Waals surface area contributed by atoms with Crippen LogP contribution in [0, 0.1) is 0 Å². The predicted octanol–water partition coefficient (Wildman–Crippen LogP) is -2.30. The number of hydrogen-bond donors (Lipinski definition) is 6. The van der Waals surface area contributed by atoms with Crippen LogP contribution in [0.2, 0.25) is 0 Å². The van der Waals surface area contributed by atoms with Crippen LogP contribution in [0.4, 0.5) is 5.82 Å². The van der Waals surface area contributed by atoms with E-state index < -0.39 is 40.6 Å². The Morgan fingerprint density at radius 1 is 1.45 bits per heavy atom. The molecule has 0 aromatic carbocycles. The molecule has 1 aromatic rings. The van der Waals surface area contributed by atoms with Gasteiger partial charge in [-0.3, -0.25) is 13.7 Å². The summed E-state index contributed by atoms with van der Waals surface area (Å²) < 4.78 is 25.3. The van der Waals surface area contributed by atoms with Gasteiger partial charge < -0.3 is 35.2 Å². The van der Waals surface area contributed by atoms with Gasteiger partial charge in [0.1, 0.15) is 12.2 Å². The highest BCUT2D eigenvalue weighted by Crippen LogP contribution is 2.34. The summed E-state index contributed by atoms with van der Waals surface area (Å²) in [5.74, 6) is 0.0629. The van der Waals surface area contributed by atoms with E-state index in [1.807, 2.05) is 0 Å². The van der Waals surface area contributed by atoms with Crippen molar-refractivity contribution in [3.05, 3.63) is 22.7 Å². The second-order valence-electron chi connectivity index (χ2n) is 3.83. The van der Waals surface area contributed by atoms with Gasteiger partial charge >= 0.3 is 21.5 Å². The van der Waals surface area contributed by atoms with E-state index in [1.54, 1.807) is 0 Å². The van der Waals surface area contributed by atoms with Gasteiger partial charge in [-0.2, -0.15) is 4.98 Å². The molecule has 0 radical (unpaired) electrons. The van der Waals surface area contributed by atoms with E-state index in [0.29, 0.717) is 0 Å². The quantitative estimate of drug-likeness (QED) is 0.297. The lowest BCUT2D eigenvalue weighted by Gasteiger charge is -2.16. The van der Waals surface area contributed by atoms with Crippen molar-refractivity contribution in [1.29, 1.82) is 0 Å². The maximum absolute atomic E-state index is 11.4. The zero-order chi connectivity index (χ0) is 17.3. The summed E-state index contributed by atoms with van der Waals surface area (Å²) >= 11 is 0. The van der Waals surface area contributed by atoms with Crippen LogP contribution < -0.4 is 11.4 Å². The third kappa shape index (κ3) is 10.6. The highest BCUT2D eigenvalue weighted by molar-refractivity contribution is 7.51. The zero-order valence-corrected chi connectivity index (χ0v) is 13.0. The van der Waals surface area contributed by atoms with Gasteiger partial charge in [0.05, 0.1) is 19.3 Å². The molecule has 1 heterocycles. The molecular formula is C8H17N3O9P2. The van der Waals surface area contributed by atoms with Crippen LogP contribution in [0.5, 0.6) is 0 Å². The summed E-state index contributed by atoms with van der Waals surface area (Å²) in [6, 6.07) is 1.39. The van der Waals surface area contributed by atoms with Gasteiger partial charge in [-0.15, -0.1) is 0 Å². The van der Waals surface area contributed by atoms with Gasteiger partial charge in [-0.1, -0.05) is 0 Å². The minimum absolute atomic E-state index is 0.0629. The third-order valence-corrected chi connectivity index (χ3v) is 2.46. The van der Waals surface area contributed by atoms with Gasteiger partial charge in [0, 0.05) is 6.20 Å². The molecule has 1 atom stereocenters. The van der Waals surface area contributed by atoms with E-state index in [1.165, 1.54) is 12.3 Å². The van der Waals surface area contributed by atoms with Crippen molar-refractivity contribution >= 4 is 21.7 Å². The first-order valence-electron chi connectivity index (χ1n) is 5.57. The maximum Gasteiger partial charge on any atom is 0.350 e. The summed E-state index contributed by atoms with van der Waals surface area (Å²) in [5, 5.41) is 8.99. The molecule has 0 bridgehead atoms. The van der Waals surface area contributed by atoms with Crippen molar-refractivity contribution in [3.8, 4) is 0 Å².